The second-order valence-electron chi connectivity index (χ2n) is 2.67. The average molecular weight is 213 g/mol. The number of thioether (sulfide) groups is 1. The highest BCUT2D eigenvalue weighted by molar-refractivity contribution is 7.98. The first kappa shape index (κ1) is 8.84. The van der Waals surface area contributed by atoms with E-state index in [4.69, 9.17) is 5.73 Å². The molecule has 2 aromatic rings. The van der Waals surface area contributed by atoms with Crippen molar-refractivity contribution in [2.45, 2.75) is 4.90 Å². The van der Waals surface area contributed by atoms with Gasteiger partial charge in [0, 0.05) is 20.4 Å². The Morgan fingerprint density at radius 2 is 2.23 bits per heavy atom. The number of rotatable bonds is 1. The molecule has 0 aliphatic carbocycles. The van der Waals surface area contributed by atoms with Gasteiger partial charge in [0.2, 0.25) is 0 Å². The number of fused-ring (bicyclic) bond motifs is 1. The first-order valence-electron chi connectivity index (χ1n) is 3.72. The molecule has 0 saturated carbocycles. The zero-order valence-electron chi connectivity index (χ0n) is 7.00. The van der Waals surface area contributed by atoms with Crippen LogP contribution in [0.15, 0.2) is 22.4 Å². The van der Waals surface area contributed by atoms with Gasteiger partial charge < -0.3 is 5.73 Å². The Bertz CT molecular complexity index is 450. The molecule has 1 heterocycles. The standard InChI is InChI=1S/C9H8FNS2/c1-12-7-2-5(10)3-8-9(7)6(11)4-13-8/h2-4H,11H2,1H3. The van der Waals surface area contributed by atoms with Crippen LogP contribution in [0.25, 0.3) is 10.1 Å². The zero-order valence-corrected chi connectivity index (χ0v) is 8.64. The second-order valence-corrected chi connectivity index (χ2v) is 4.43. The van der Waals surface area contributed by atoms with Crippen LogP contribution < -0.4 is 5.73 Å². The molecular weight excluding hydrogens is 205 g/mol. The van der Waals surface area contributed by atoms with Crippen molar-refractivity contribution in [3.05, 3.63) is 23.3 Å². The highest BCUT2D eigenvalue weighted by Gasteiger charge is 2.07. The van der Waals surface area contributed by atoms with Crippen molar-refractivity contribution in [3.8, 4) is 0 Å². The Morgan fingerprint density at radius 3 is 2.92 bits per heavy atom. The van der Waals surface area contributed by atoms with E-state index < -0.39 is 0 Å². The summed E-state index contributed by atoms with van der Waals surface area (Å²) in [5.41, 5.74) is 6.52. The third-order valence-corrected chi connectivity index (χ3v) is 3.56. The summed E-state index contributed by atoms with van der Waals surface area (Å²) in [6, 6.07) is 3.05. The summed E-state index contributed by atoms with van der Waals surface area (Å²) < 4.78 is 14.0. The van der Waals surface area contributed by atoms with E-state index >= 15 is 0 Å². The van der Waals surface area contributed by atoms with Crippen LogP contribution in [0.5, 0.6) is 0 Å². The van der Waals surface area contributed by atoms with Gasteiger partial charge in [-0.05, 0) is 18.4 Å². The first-order valence-corrected chi connectivity index (χ1v) is 5.83. The van der Waals surface area contributed by atoms with Crippen LogP contribution in [0.3, 0.4) is 0 Å². The normalized spacial score (nSPS) is 10.9. The first-order chi connectivity index (χ1) is 6.22. The Morgan fingerprint density at radius 1 is 1.46 bits per heavy atom. The highest BCUT2D eigenvalue weighted by Crippen LogP contribution is 2.35. The fourth-order valence-electron chi connectivity index (χ4n) is 1.28. The number of anilines is 1. The van der Waals surface area contributed by atoms with Gasteiger partial charge in [0.1, 0.15) is 5.82 Å². The van der Waals surface area contributed by atoms with Crippen LogP contribution >= 0.6 is 23.1 Å². The number of thiophene rings is 1. The molecule has 2 rings (SSSR count). The van der Waals surface area contributed by atoms with E-state index in [1.807, 2.05) is 11.6 Å². The van der Waals surface area contributed by atoms with Crippen molar-refractivity contribution in [1.29, 1.82) is 0 Å². The lowest BCUT2D eigenvalue weighted by atomic mass is 10.2. The predicted octanol–water partition coefficient (Wildman–Crippen LogP) is 3.34. The number of hydrogen-bond acceptors (Lipinski definition) is 3. The smallest absolute Gasteiger partial charge is 0.125 e. The molecule has 0 spiro atoms. The molecule has 13 heavy (non-hydrogen) atoms. The van der Waals surface area contributed by atoms with Gasteiger partial charge in [-0.15, -0.1) is 23.1 Å². The quantitative estimate of drug-likeness (QED) is 0.735. The van der Waals surface area contributed by atoms with Crippen LogP contribution in [-0.4, -0.2) is 6.26 Å². The fourth-order valence-corrected chi connectivity index (χ4v) is 2.91. The van der Waals surface area contributed by atoms with Crippen molar-refractivity contribution in [2.24, 2.45) is 0 Å². The number of nitrogens with two attached hydrogens (primary N) is 1. The molecule has 0 saturated heterocycles. The molecule has 0 aliphatic rings. The number of benzene rings is 1. The van der Waals surface area contributed by atoms with Crippen molar-refractivity contribution in [1.82, 2.24) is 0 Å². The molecule has 1 nitrogen and oxygen atoms in total. The van der Waals surface area contributed by atoms with Crippen LogP contribution in [0.1, 0.15) is 0 Å². The number of hydrogen-bond donors (Lipinski definition) is 1. The van der Waals surface area contributed by atoms with Gasteiger partial charge in [-0.2, -0.15) is 0 Å². The minimum absolute atomic E-state index is 0.196. The van der Waals surface area contributed by atoms with Gasteiger partial charge in [-0.25, -0.2) is 4.39 Å². The molecule has 68 valence electrons. The molecule has 0 fully saturated rings. The van der Waals surface area contributed by atoms with E-state index in [1.54, 1.807) is 0 Å². The molecule has 0 bridgehead atoms. The van der Waals surface area contributed by atoms with Gasteiger partial charge in [0.05, 0.1) is 5.69 Å². The molecule has 2 N–H and O–H groups in total. The Hall–Kier alpha value is -0.740. The molecule has 0 radical (unpaired) electrons. The fraction of sp³-hybridized carbons (Fsp3) is 0.111. The minimum atomic E-state index is -0.196. The van der Waals surface area contributed by atoms with Gasteiger partial charge in [0.15, 0.2) is 0 Å². The summed E-state index contributed by atoms with van der Waals surface area (Å²) in [6.07, 6.45) is 1.92. The largest absolute Gasteiger partial charge is 0.398 e. The van der Waals surface area contributed by atoms with Crippen molar-refractivity contribution >= 4 is 38.9 Å². The van der Waals surface area contributed by atoms with E-state index in [0.717, 1.165) is 20.7 Å². The van der Waals surface area contributed by atoms with E-state index in [0.29, 0.717) is 0 Å². The number of halogens is 1. The monoisotopic (exact) mass is 213 g/mol. The van der Waals surface area contributed by atoms with Crippen molar-refractivity contribution in [3.63, 3.8) is 0 Å². The zero-order chi connectivity index (χ0) is 9.42. The van der Waals surface area contributed by atoms with E-state index in [2.05, 4.69) is 0 Å². The third kappa shape index (κ3) is 1.40. The van der Waals surface area contributed by atoms with E-state index in [9.17, 15) is 4.39 Å². The van der Waals surface area contributed by atoms with Crippen molar-refractivity contribution in [2.75, 3.05) is 12.0 Å². The Labute approximate surface area is 83.7 Å². The maximum absolute atomic E-state index is 13.0. The lowest BCUT2D eigenvalue weighted by molar-refractivity contribution is 0.627. The lowest BCUT2D eigenvalue weighted by Crippen LogP contribution is -1.84. The summed E-state index contributed by atoms with van der Waals surface area (Å²) in [5, 5.41) is 2.84. The molecule has 0 aliphatic heterocycles. The minimum Gasteiger partial charge on any atom is -0.398 e. The summed E-state index contributed by atoms with van der Waals surface area (Å²) in [5.74, 6) is -0.196. The second kappa shape index (κ2) is 3.20. The Kier molecular flexibility index (Phi) is 2.17. The summed E-state index contributed by atoms with van der Waals surface area (Å²) in [4.78, 5) is 0.911. The average Bonchev–Trinajstić information content (AvgIpc) is 2.46. The lowest BCUT2D eigenvalue weighted by Gasteiger charge is -2.00. The molecule has 0 amide bonds. The predicted molar refractivity (Wildman–Crippen MR) is 58.0 cm³/mol. The maximum Gasteiger partial charge on any atom is 0.125 e. The van der Waals surface area contributed by atoms with E-state index in [-0.39, 0.29) is 5.82 Å². The third-order valence-electron chi connectivity index (χ3n) is 1.85. The van der Waals surface area contributed by atoms with Gasteiger partial charge in [-0.3, -0.25) is 0 Å². The van der Waals surface area contributed by atoms with Gasteiger partial charge >= 0.3 is 0 Å². The van der Waals surface area contributed by atoms with Gasteiger partial charge in [-0.1, -0.05) is 0 Å². The molecule has 0 unspecified atom stereocenters. The van der Waals surface area contributed by atoms with Crippen LogP contribution in [0.2, 0.25) is 0 Å². The molecule has 1 aromatic heterocycles. The summed E-state index contributed by atoms with van der Waals surface area (Å²) in [6.45, 7) is 0. The molecular formula is C9H8FNS2. The maximum atomic E-state index is 13.0. The van der Waals surface area contributed by atoms with Gasteiger partial charge in [0.25, 0.3) is 0 Å². The molecule has 4 heteroatoms. The van der Waals surface area contributed by atoms with Crippen LogP contribution in [0, 0.1) is 5.82 Å². The molecule has 1 aromatic carbocycles. The molecule has 0 atom stereocenters. The van der Waals surface area contributed by atoms with E-state index in [1.165, 1.54) is 35.2 Å². The van der Waals surface area contributed by atoms with Crippen LogP contribution in [0.4, 0.5) is 10.1 Å². The van der Waals surface area contributed by atoms with Crippen molar-refractivity contribution < 1.29 is 4.39 Å². The number of nitrogen functional groups attached to an aromatic ring is 1. The summed E-state index contributed by atoms with van der Waals surface area (Å²) in [7, 11) is 0. The SMILES string of the molecule is CSc1cc(F)cc2scc(N)c12. The Balaban J connectivity index is 2.85. The van der Waals surface area contributed by atoms with Crippen LogP contribution in [-0.2, 0) is 0 Å². The highest BCUT2D eigenvalue weighted by atomic mass is 32.2. The topological polar surface area (TPSA) is 26.0 Å². The summed E-state index contributed by atoms with van der Waals surface area (Å²) >= 11 is 3.00.